The lowest BCUT2D eigenvalue weighted by Crippen LogP contribution is -2.32. The average Bonchev–Trinajstić information content (AvgIpc) is 2.46. The Labute approximate surface area is 122 Å². The van der Waals surface area contributed by atoms with Crippen molar-refractivity contribution in [2.45, 2.75) is 38.8 Å². The van der Waals surface area contributed by atoms with E-state index in [0.717, 1.165) is 18.4 Å². The van der Waals surface area contributed by atoms with Crippen molar-refractivity contribution in [2.24, 2.45) is 0 Å². The Balaban J connectivity index is 2.74. The molecule has 114 valence electrons. The molecule has 0 aliphatic rings. The van der Waals surface area contributed by atoms with Crippen molar-refractivity contribution in [3.05, 3.63) is 23.8 Å². The Morgan fingerprint density at radius 3 is 2.40 bits per heavy atom. The van der Waals surface area contributed by atoms with Crippen molar-refractivity contribution < 1.29 is 14.6 Å². The van der Waals surface area contributed by atoms with Gasteiger partial charge in [-0.05, 0) is 38.1 Å². The lowest BCUT2D eigenvalue weighted by molar-refractivity contribution is 0.105. The first kappa shape index (κ1) is 16.8. The van der Waals surface area contributed by atoms with E-state index in [2.05, 4.69) is 18.7 Å². The first-order valence-electron chi connectivity index (χ1n) is 7.13. The Hall–Kier alpha value is -1.26. The van der Waals surface area contributed by atoms with Gasteiger partial charge in [0.1, 0.15) is 0 Å². The molecule has 0 aliphatic carbocycles. The van der Waals surface area contributed by atoms with Crippen LogP contribution in [0.4, 0.5) is 0 Å². The third-order valence-corrected chi connectivity index (χ3v) is 3.71. The molecular weight excluding hydrogens is 254 g/mol. The number of hydrogen-bond acceptors (Lipinski definition) is 4. The third-order valence-electron chi connectivity index (χ3n) is 3.71. The summed E-state index contributed by atoms with van der Waals surface area (Å²) in [6.07, 6.45) is 1.76. The topological polar surface area (TPSA) is 41.9 Å². The van der Waals surface area contributed by atoms with Crippen LogP contribution in [0.15, 0.2) is 18.2 Å². The number of likely N-dealkylation sites (N-methyl/N-ethyl adjacent to an activating group) is 1. The van der Waals surface area contributed by atoms with Gasteiger partial charge >= 0.3 is 0 Å². The van der Waals surface area contributed by atoms with E-state index in [1.807, 2.05) is 25.2 Å². The minimum absolute atomic E-state index is 0.467. The zero-order chi connectivity index (χ0) is 15.1. The van der Waals surface area contributed by atoms with Crippen LogP contribution in [0.5, 0.6) is 11.5 Å². The lowest BCUT2D eigenvalue weighted by Gasteiger charge is -2.27. The van der Waals surface area contributed by atoms with Crippen molar-refractivity contribution in [3.8, 4) is 11.5 Å². The van der Waals surface area contributed by atoms with Gasteiger partial charge in [-0.3, -0.25) is 0 Å². The predicted molar refractivity (Wildman–Crippen MR) is 81.5 cm³/mol. The molecule has 1 aromatic rings. The second kappa shape index (κ2) is 8.12. The van der Waals surface area contributed by atoms with E-state index in [4.69, 9.17) is 9.47 Å². The average molecular weight is 281 g/mol. The molecule has 0 amide bonds. The van der Waals surface area contributed by atoms with Crippen LogP contribution in [0, 0.1) is 0 Å². The maximum Gasteiger partial charge on any atom is 0.161 e. The monoisotopic (exact) mass is 281 g/mol. The molecule has 0 bridgehead atoms. The molecule has 2 atom stereocenters. The minimum atomic E-state index is -0.529. The molecule has 4 nitrogen and oxygen atoms in total. The summed E-state index contributed by atoms with van der Waals surface area (Å²) in [5.74, 6) is 1.32. The summed E-state index contributed by atoms with van der Waals surface area (Å²) in [5.41, 5.74) is 0.846. The van der Waals surface area contributed by atoms with Crippen molar-refractivity contribution in [1.29, 1.82) is 0 Å². The van der Waals surface area contributed by atoms with Crippen molar-refractivity contribution in [1.82, 2.24) is 4.90 Å². The molecule has 4 heteroatoms. The molecule has 0 spiro atoms. The number of benzene rings is 1. The van der Waals surface area contributed by atoms with Gasteiger partial charge in [0.15, 0.2) is 11.5 Å². The summed E-state index contributed by atoms with van der Waals surface area (Å²) in [7, 11) is 5.25. The fraction of sp³-hybridized carbons (Fsp3) is 0.625. The van der Waals surface area contributed by atoms with Gasteiger partial charge in [-0.15, -0.1) is 0 Å². The van der Waals surface area contributed by atoms with Gasteiger partial charge in [0.05, 0.1) is 20.3 Å². The van der Waals surface area contributed by atoms with Gasteiger partial charge in [-0.2, -0.15) is 0 Å². The summed E-state index contributed by atoms with van der Waals surface area (Å²) >= 11 is 0. The number of nitrogens with zero attached hydrogens (tertiary/aromatic N) is 1. The highest BCUT2D eigenvalue weighted by molar-refractivity contribution is 5.43. The maximum atomic E-state index is 10.4. The van der Waals surface area contributed by atoms with Gasteiger partial charge in [-0.25, -0.2) is 0 Å². The van der Waals surface area contributed by atoms with Crippen LogP contribution in [0.3, 0.4) is 0 Å². The zero-order valence-electron chi connectivity index (χ0n) is 13.2. The number of aliphatic hydroxyl groups is 1. The van der Waals surface area contributed by atoms with Gasteiger partial charge in [0, 0.05) is 12.6 Å². The van der Waals surface area contributed by atoms with Gasteiger partial charge in [0.25, 0.3) is 0 Å². The summed E-state index contributed by atoms with van der Waals surface area (Å²) < 4.78 is 10.5. The van der Waals surface area contributed by atoms with Crippen LogP contribution >= 0.6 is 0 Å². The summed E-state index contributed by atoms with van der Waals surface area (Å²) in [4.78, 5) is 2.19. The van der Waals surface area contributed by atoms with Crippen LogP contribution in [-0.2, 0) is 0 Å². The number of rotatable bonds is 8. The highest BCUT2D eigenvalue weighted by Crippen LogP contribution is 2.30. The van der Waals surface area contributed by atoms with Crippen LogP contribution in [0.1, 0.15) is 38.4 Å². The van der Waals surface area contributed by atoms with Gasteiger partial charge in [0.2, 0.25) is 0 Å². The van der Waals surface area contributed by atoms with Crippen LogP contribution in [0.25, 0.3) is 0 Å². The smallest absolute Gasteiger partial charge is 0.161 e. The fourth-order valence-corrected chi connectivity index (χ4v) is 2.26. The van der Waals surface area contributed by atoms with Crippen LogP contribution in [0.2, 0.25) is 0 Å². The minimum Gasteiger partial charge on any atom is -0.493 e. The summed E-state index contributed by atoms with van der Waals surface area (Å²) in [6, 6.07) is 6.01. The number of ether oxygens (including phenoxy) is 2. The van der Waals surface area contributed by atoms with E-state index in [1.165, 1.54) is 0 Å². The van der Waals surface area contributed by atoms with Gasteiger partial charge < -0.3 is 19.5 Å². The van der Waals surface area contributed by atoms with E-state index < -0.39 is 6.10 Å². The third kappa shape index (κ3) is 4.39. The van der Waals surface area contributed by atoms with E-state index in [0.29, 0.717) is 24.1 Å². The molecule has 2 unspecified atom stereocenters. The SMILES string of the molecule is CCCC(C)N(C)CC(O)c1ccc(OC)c(OC)c1. The standard InChI is InChI=1S/C16H27NO3/c1-6-7-12(2)17(3)11-14(18)13-8-9-15(19-4)16(10-13)20-5/h8-10,12,14,18H,6-7,11H2,1-5H3. The Kier molecular flexibility index (Phi) is 6.82. The number of aliphatic hydroxyl groups excluding tert-OH is 1. The Morgan fingerprint density at radius 2 is 1.85 bits per heavy atom. The molecule has 0 aromatic heterocycles. The molecule has 0 saturated carbocycles. The van der Waals surface area contributed by atoms with E-state index >= 15 is 0 Å². The Morgan fingerprint density at radius 1 is 1.20 bits per heavy atom. The fourth-order valence-electron chi connectivity index (χ4n) is 2.26. The molecule has 1 rings (SSSR count). The highest BCUT2D eigenvalue weighted by Gasteiger charge is 2.16. The van der Waals surface area contributed by atoms with Crippen molar-refractivity contribution in [3.63, 3.8) is 0 Å². The van der Waals surface area contributed by atoms with E-state index in [1.54, 1.807) is 14.2 Å². The second-order valence-corrected chi connectivity index (χ2v) is 5.21. The van der Waals surface area contributed by atoms with Crippen LogP contribution in [-0.4, -0.2) is 43.9 Å². The number of methoxy groups -OCH3 is 2. The highest BCUT2D eigenvalue weighted by atomic mass is 16.5. The summed E-state index contributed by atoms with van der Waals surface area (Å²) in [5, 5.41) is 10.4. The normalized spacial score (nSPS) is 14.2. The lowest BCUT2D eigenvalue weighted by atomic mass is 10.1. The molecule has 0 fully saturated rings. The molecule has 0 heterocycles. The Bertz CT molecular complexity index is 409. The first-order chi connectivity index (χ1) is 9.53. The zero-order valence-corrected chi connectivity index (χ0v) is 13.2. The van der Waals surface area contributed by atoms with Crippen molar-refractivity contribution in [2.75, 3.05) is 27.8 Å². The van der Waals surface area contributed by atoms with Crippen LogP contribution < -0.4 is 9.47 Å². The molecule has 0 aliphatic heterocycles. The van der Waals surface area contributed by atoms with Crippen molar-refractivity contribution >= 4 is 0 Å². The second-order valence-electron chi connectivity index (χ2n) is 5.21. The largest absolute Gasteiger partial charge is 0.493 e. The molecule has 0 saturated heterocycles. The quantitative estimate of drug-likeness (QED) is 0.795. The molecular formula is C16H27NO3. The maximum absolute atomic E-state index is 10.4. The van der Waals surface area contributed by atoms with E-state index in [9.17, 15) is 5.11 Å². The van der Waals surface area contributed by atoms with E-state index in [-0.39, 0.29) is 0 Å². The molecule has 1 aromatic carbocycles. The predicted octanol–water partition coefficient (Wildman–Crippen LogP) is 2.86. The first-order valence-corrected chi connectivity index (χ1v) is 7.13. The molecule has 20 heavy (non-hydrogen) atoms. The molecule has 0 radical (unpaired) electrons. The van der Waals surface area contributed by atoms with Gasteiger partial charge in [-0.1, -0.05) is 19.4 Å². The summed E-state index contributed by atoms with van der Waals surface area (Å²) in [6.45, 7) is 4.97. The number of hydrogen-bond donors (Lipinski definition) is 1. The molecule has 1 N–H and O–H groups in total.